The summed E-state index contributed by atoms with van der Waals surface area (Å²) in [5, 5.41) is 4.57. The summed E-state index contributed by atoms with van der Waals surface area (Å²) in [5.74, 6) is -0.189. The zero-order valence-corrected chi connectivity index (χ0v) is 12.1. The minimum absolute atomic E-state index is 0.189. The van der Waals surface area contributed by atoms with Crippen LogP contribution in [0.1, 0.15) is 39.5 Å². The Hall–Kier alpha value is -0.260. The van der Waals surface area contributed by atoms with E-state index >= 15 is 0 Å². The van der Waals surface area contributed by atoms with E-state index in [0.717, 1.165) is 32.5 Å². The predicted octanol–water partition coefficient (Wildman–Crippen LogP) is 1.28. The Morgan fingerprint density at radius 3 is 2.67 bits per heavy atom. The smallest absolute Gasteiger partial charge is 0.237 e. The third-order valence-electron chi connectivity index (χ3n) is 3.73. The van der Waals surface area contributed by atoms with Crippen molar-refractivity contribution >= 4 is 17.7 Å². The van der Waals surface area contributed by atoms with Gasteiger partial charge in [-0.2, -0.15) is 11.8 Å². The molecular formula is C13H24N2O2S. The Bertz CT molecular complexity index is 307. The highest BCUT2D eigenvalue weighted by Crippen LogP contribution is 2.38. The van der Waals surface area contributed by atoms with E-state index in [9.17, 15) is 4.79 Å². The molecule has 2 fully saturated rings. The molecule has 18 heavy (non-hydrogen) atoms. The van der Waals surface area contributed by atoms with Gasteiger partial charge >= 0.3 is 0 Å². The first kappa shape index (κ1) is 14.2. The monoisotopic (exact) mass is 272 g/mol. The minimum atomic E-state index is -0.491. The fourth-order valence-corrected chi connectivity index (χ4v) is 4.46. The molecule has 4 nitrogen and oxygen atoms in total. The summed E-state index contributed by atoms with van der Waals surface area (Å²) >= 11 is 1.98. The summed E-state index contributed by atoms with van der Waals surface area (Å²) in [7, 11) is 0. The summed E-state index contributed by atoms with van der Waals surface area (Å²) in [5.41, 5.74) is 5.16. The van der Waals surface area contributed by atoms with Crippen LogP contribution >= 0.6 is 11.8 Å². The van der Waals surface area contributed by atoms with Crippen LogP contribution in [-0.2, 0) is 9.53 Å². The lowest BCUT2D eigenvalue weighted by molar-refractivity contribution is -0.126. The van der Waals surface area contributed by atoms with Crippen LogP contribution in [0.2, 0.25) is 0 Å². The first-order valence-corrected chi connectivity index (χ1v) is 7.77. The van der Waals surface area contributed by atoms with Crippen LogP contribution in [0.25, 0.3) is 0 Å². The fraction of sp³-hybridized carbons (Fsp3) is 0.923. The van der Waals surface area contributed by atoms with E-state index in [1.807, 2.05) is 11.8 Å². The average Bonchev–Trinajstić information content (AvgIpc) is 2.23. The number of ether oxygens (including phenoxy) is 1. The lowest BCUT2D eigenvalue weighted by Gasteiger charge is -2.42. The Morgan fingerprint density at radius 2 is 2.17 bits per heavy atom. The van der Waals surface area contributed by atoms with Gasteiger partial charge < -0.3 is 15.8 Å². The number of thioether (sulfide) groups is 1. The molecule has 0 aromatic heterocycles. The molecule has 1 aliphatic carbocycles. The number of primary amides is 1. The van der Waals surface area contributed by atoms with Crippen molar-refractivity contribution in [3.05, 3.63) is 0 Å². The van der Waals surface area contributed by atoms with E-state index in [4.69, 9.17) is 10.5 Å². The first-order chi connectivity index (χ1) is 8.52. The van der Waals surface area contributed by atoms with Crippen molar-refractivity contribution in [3.63, 3.8) is 0 Å². The van der Waals surface area contributed by atoms with E-state index in [0.29, 0.717) is 10.5 Å². The summed E-state index contributed by atoms with van der Waals surface area (Å²) in [6.45, 7) is 5.87. The number of nitrogens with one attached hydrogen (secondary N) is 1. The summed E-state index contributed by atoms with van der Waals surface area (Å²) in [6.07, 6.45) is 4.00. The largest absolute Gasteiger partial charge is 0.379 e. The minimum Gasteiger partial charge on any atom is -0.379 e. The first-order valence-electron chi connectivity index (χ1n) is 6.83. The van der Waals surface area contributed by atoms with Gasteiger partial charge in [0.1, 0.15) is 0 Å². The molecule has 104 valence electrons. The number of hydrogen-bond donors (Lipinski definition) is 2. The topological polar surface area (TPSA) is 64.3 Å². The van der Waals surface area contributed by atoms with Gasteiger partial charge in [0.2, 0.25) is 5.91 Å². The molecule has 1 aliphatic heterocycles. The summed E-state index contributed by atoms with van der Waals surface area (Å²) in [6, 6.07) is 0.285. The number of nitrogens with two attached hydrogens (primary N) is 1. The van der Waals surface area contributed by atoms with Gasteiger partial charge in [0.15, 0.2) is 0 Å². The van der Waals surface area contributed by atoms with Crippen molar-refractivity contribution in [1.82, 2.24) is 5.32 Å². The second-order valence-corrected chi connectivity index (χ2v) is 7.36. The molecular weight excluding hydrogens is 248 g/mol. The zero-order chi connectivity index (χ0) is 13.2. The third-order valence-corrected chi connectivity index (χ3v) is 5.18. The van der Waals surface area contributed by atoms with Crippen LogP contribution in [0.4, 0.5) is 0 Å². The van der Waals surface area contributed by atoms with Gasteiger partial charge in [0.05, 0.1) is 24.0 Å². The molecule has 0 bridgehead atoms. The quantitative estimate of drug-likeness (QED) is 0.791. The van der Waals surface area contributed by atoms with Crippen LogP contribution in [0.3, 0.4) is 0 Å². The normalized spacial score (nSPS) is 33.4. The average molecular weight is 272 g/mol. The molecule has 0 spiro atoms. The Labute approximate surface area is 113 Å². The van der Waals surface area contributed by atoms with Crippen molar-refractivity contribution in [2.45, 2.75) is 61.6 Å². The molecule has 5 heteroatoms. The number of carbonyl (C=O) groups excluding carboxylic acids is 1. The zero-order valence-electron chi connectivity index (χ0n) is 11.3. The molecule has 2 aliphatic rings. The Balaban J connectivity index is 1.98. The van der Waals surface area contributed by atoms with Crippen LogP contribution in [0.5, 0.6) is 0 Å². The van der Waals surface area contributed by atoms with Gasteiger partial charge in [-0.05, 0) is 39.5 Å². The Kier molecular flexibility index (Phi) is 4.56. The molecule has 2 rings (SSSR count). The van der Waals surface area contributed by atoms with Gasteiger partial charge in [-0.25, -0.2) is 0 Å². The molecule has 2 unspecified atom stereocenters. The molecule has 1 amide bonds. The molecule has 2 atom stereocenters. The highest BCUT2D eigenvalue weighted by atomic mass is 32.2. The number of carbonyl (C=O) groups is 1. The molecule has 0 aromatic carbocycles. The fourth-order valence-electron chi connectivity index (χ4n) is 2.88. The van der Waals surface area contributed by atoms with Gasteiger partial charge in [0.25, 0.3) is 0 Å². The number of amides is 1. The maximum atomic E-state index is 11.9. The number of hydrogen-bond acceptors (Lipinski definition) is 4. The molecule has 1 saturated carbocycles. The Morgan fingerprint density at radius 1 is 1.44 bits per heavy atom. The van der Waals surface area contributed by atoms with E-state index in [-0.39, 0.29) is 11.9 Å². The summed E-state index contributed by atoms with van der Waals surface area (Å²) in [4.78, 5) is 11.9. The van der Waals surface area contributed by atoms with Crippen molar-refractivity contribution in [3.8, 4) is 0 Å². The van der Waals surface area contributed by atoms with E-state index in [1.165, 1.54) is 6.42 Å². The second kappa shape index (κ2) is 5.80. The van der Waals surface area contributed by atoms with Crippen LogP contribution in [-0.4, -0.2) is 41.2 Å². The molecule has 0 aromatic rings. The van der Waals surface area contributed by atoms with Crippen molar-refractivity contribution in [1.29, 1.82) is 0 Å². The molecule has 3 N–H and O–H groups in total. The molecule has 1 saturated heterocycles. The molecule has 1 heterocycles. The van der Waals surface area contributed by atoms with Crippen molar-refractivity contribution < 1.29 is 9.53 Å². The van der Waals surface area contributed by atoms with Gasteiger partial charge in [-0.1, -0.05) is 0 Å². The van der Waals surface area contributed by atoms with Gasteiger partial charge in [-0.15, -0.1) is 0 Å². The van der Waals surface area contributed by atoms with Crippen LogP contribution < -0.4 is 11.1 Å². The standard InChI is InChI=1S/C13H24N2O2S/c1-9(2)15-13(12(14)16)5-3-4-10(6-13)18-11-7-17-8-11/h9-11,15H,3-8H2,1-2H3,(H2,14,16). The highest BCUT2D eigenvalue weighted by molar-refractivity contribution is 8.00. The van der Waals surface area contributed by atoms with E-state index in [1.54, 1.807) is 0 Å². The predicted molar refractivity (Wildman–Crippen MR) is 74.7 cm³/mol. The second-order valence-electron chi connectivity index (χ2n) is 5.76. The van der Waals surface area contributed by atoms with Gasteiger partial charge in [-0.3, -0.25) is 4.79 Å². The van der Waals surface area contributed by atoms with Gasteiger partial charge in [0, 0.05) is 11.3 Å². The van der Waals surface area contributed by atoms with Crippen molar-refractivity contribution in [2.75, 3.05) is 13.2 Å². The van der Waals surface area contributed by atoms with Crippen LogP contribution in [0, 0.1) is 0 Å². The number of rotatable bonds is 5. The van der Waals surface area contributed by atoms with E-state index < -0.39 is 5.54 Å². The lowest BCUT2D eigenvalue weighted by Crippen LogP contribution is -2.60. The molecule has 0 radical (unpaired) electrons. The van der Waals surface area contributed by atoms with E-state index in [2.05, 4.69) is 19.2 Å². The third kappa shape index (κ3) is 3.19. The van der Waals surface area contributed by atoms with Crippen molar-refractivity contribution in [2.24, 2.45) is 5.73 Å². The van der Waals surface area contributed by atoms with Crippen LogP contribution in [0.15, 0.2) is 0 Å². The highest BCUT2D eigenvalue weighted by Gasteiger charge is 2.42. The SMILES string of the molecule is CC(C)NC1(C(N)=O)CCCC(SC2COC2)C1. The maximum Gasteiger partial charge on any atom is 0.237 e. The summed E-state index contributed by atoms with van der Waals surface area (Å²) < 4.78 is 5.21. The maximum absolute atomic E-state index is 11.9. The lowest BCUT2D eigenvalue weighted by atomic mass is 9.80.